The summed E-state index contributed by atoms with van der Waals surface area (Å²) in [5.74, 6) is 0.645. The van der Waals surface area contributed by atoms with Crippen LogP contribution < -0.4 is 5.32 Å². The van der Waals surface area contributed by atoms with Gasteiger partial charge in [-0.2, -0.15) is 0 Å². The van der Waals surface area contributed by atoms with E-state index in [2.05, 4.69) is 15.3 Å². The number of likely N-dealkylation sites (tertiary alicyclic amines) is 1. The van der Waals surface area contributed by atoms with E-state index in [1.165, 1.54) is 19.3 Å². The lowest BCUT2D eigenvalue weighted by Crippen LogP contribution is -2.36. The van der Waals surface area contributed by atoms with E-state index in [-0.39, 0.29) is 5.91 Å². The molecule has 3 rings (SSSR count). The third kappa shape index (κ3) is 3.03. The highest BCUT2D eigenvalue weighted by molar-refractivity contribution is 5.92. The van der Waals surface area contributed by atoms with Gasteiger partial charge in [-0.1, -0.05) is 0 Å². The summed E-state index contributed by atoms with van der Waals surface area (Å²) in [7, 11) is 0. The number of hydrogen-bond donors (Lipinski definition) is 1. The van der Waals surface area contributed by atoms with Gasteiger partial charge in [-0.15, -0.1) is 0 Å². The standard InChI is InChI=1S/C14H20N4O/c1-10-9-12(13(19)18-7-3-2-4-8-18)17-14(15-10)16-11-5-6-11/h9,11H,2-8H2,1H3,(H,15,16,17). The first kappa shape index (κ1) is 12.4. The number of aryl methyl sites for hydroxylation is 1. The fourth-order valence-corrected chi connectivity index (χ4v) is 2.41. The Morgan fingerprint density at radius 2 is 2.00 bits per heavy atom. The van der Waals surface area contributed by atoms with Crippen molar-refractivity contribution < 1.29 is 4.79 Å². The van der Waals surface area contributed by atoms with Crippen molar-refractivity contribution in [1.82, 2.24) is 14.9 Å². The van der Waals surface area contributed by atoms with Crippen LogP contribution in [0.5, 0.6) is 0 Å². The summed E-state index contributed by atoms with van der Waals surface area (Å²) in [5.41, 5.74) is 1.37. The number of nitrogens with one attached hydrogen (secondary N) is 1. The van der Waals surface area contributed by atoms with Crippen molar-refractivity contribution in [3.63, 3.8) is 0 Å². The molecule has 1 aromatic heterocycles. The summed E-state index contributed by atoms with van der Waals surface area (Å²) in [4.78, 5) is 23.0. The van der Waals surface area contributed by atoms with E-state index in [0.717, 1.165) is 31.6 Å². The molecule has 0 spiro atoms. The summed E-state index contributed by atoms with van der Waals surface area (Å²) in [6, 6.07) is 2.29. The number of carbonyl (C=O) groups excluding carboxylic acids is 1. The highest BCUT2D eigenvalue weighted by atomic mass is 16.2. The normalized spacial score (nSPS) is 19.3. The Labute approximate surface area is 113 Å². The predicted octanol–water partition coefficient (Wildman–Crippen LogP) is 1.99. The van der Waals surface area contributed by atoms with Crippen molar-refractivity contribution in [2.24, 2.45) is 0 Å². The zero-order valence-corrected chi connectivity index (χ0v) is 11.4. The van der Waals surface area contributed by atoms with E-state index in [0.29, 0.717) is 17.7 Å². The monoisotopic (exact) mass is 260 g/mol. The second-order valence-corrected chi connectivity index (χ2v) is 5.49. The minimum Gasteiger partial charge on any atom is -0.351 e. The Morgan fingerprint density at radius 1 is 1.26 bits per heavy atom. The van der Waals surface area contributed by atoms with Gasteiger partial charge in [0.15, 0.2) is 0 Å². The van der Waals surface area contributed by atoms with Crippen LogP contribution in [-0.2, 0) is 0 Å². The number of hydrogen-bond acceptors (Lipinski definition) is 4. The molecule has 0 atom stereocenters. The molecule has 1 saturated heterocycles. The molecule has 0 aromatic carbocycles. The highest BCUT2D eigenvalue weighted by Crippen LogP contribution is 2.23. The maximum Gasteiger partial charge on any atom is 0.272 e. The van der Waals surface area contributed by atoms with Gasteiger partial charge in [0, 0.05) is 24.8 Å². The van der Waals surface area contributed by atoms with E-state index < -0.39 is 0 Å². The molecule has 0 bridgehead atoms. The van der Waals surface area contributed by atoms with Crippen LogP contribution in [0, 0.1) is 6.92 Å². The van der Waals surface area contributed by atoms with Crippen LogP contribution in [0.3, 0.4) is 0 Å². The first-order valence-corrected chi connectivity index (χ1v) is 7.14. The van der Waals surface area contributed by atoms with Gasteiger partial charge in [-0.25, -0.2) is 9.97 Å². The van der Waals surface area contributed by atoms with Crippen LogP contribution in [0.2, 0.25) is 0 Å². The smallest absolute Gasteiger partial charge is 0.272 e. The van der Waals surface area contributed by atoms with Crippen molar-refractivity contribution in [2.45, 2.75) is 45.1 Å². The van der Waals surface area contributed by atoms with Crippen molar-refractivity contribution in [2.75, 3.05) is 18.4 Å². The minimum atomic E-state index is 0.0454. The molecule has 2 aliphatic rings. The number of nitrogens with zero attached hydrogens (tertiary/aromatic N) is 3. The molecule has 0 radical (unpaired) electrons. The number of carbonyl (C=O) groups is 1. The quantitative estimate of drug-likeness (QED) is 0.903. The Balaban J connectivity index is 1.77. The average molecular weight is 260 g/mol. The molecule has 2 fully saturated rings. The van der Waals surface area contributed by atoms with Crippen LogP contribution in [-0.4, -0.2) is 39.9 Å². The molecule has 1 aromatic rings. The molecular weight excluding hydrogens is 240 g/mol. The average Bonchev–Trinajstić information content (AvgIpc) is 3.22. The van der Waals surface area contributed by atoms with E-state index in [9.17, 15) is 4.79 Å². The van der Waals surface area contributed by atoms with E-state index in [4.69, 9.17) is 0 Å². The van der Waals surface area contributed by atoms with Crippen LogP contribution >= 0.6 is 0 Å². The largest absolute Gasteiger partial charge is 0.351 e. The summed E-state index contributed by atoms with van der Waals surface area (Å²) >= 11 is 0. The lowest BCUT2D eigenvalue weighted by molar-refractivity contribution is 0.0718. The molecule has 0 unspecified atom stereocenters. The number of amides is 1. The van der Waals surface area contributed by atoms with Crippen molar-refractivity contribution in [1.29, 1.82) is 0 Å². The van der Waals surface area contributed by atoms with Gasteiger partial charge in [0.25, 0.3) is 5.91 Å². The zero-order chi connectivity index (χ0) is 13.2. The minimum absolute atomic E-state index is 0.0454. The molecular formula is C14H20N4O. The lowest BCUT2D eigenvalue weighted by Gasteiger charge is -2.26. The topological polar surface area (TPSA) is 58.1 Å². The van der Waals surface area contributed by atoms with Crippen LogP contribution in [0.25, 0.3) is 0 Å². The molecule has 19 heavy (non-hydrogen) atoms. The molecule has 2 heterocycles. The first-order chi connectivity index (χ1) is 9.22. The van der Waals surface area contributed by atoms with E-state index in [1.807, 2.05) is 11.8 Å². The molecule has 1 saturated carbocycles. The van der Waals surface area contributed by atoms with E-state index >= 15 is 0 Å². The lowest BCUT2D eigenvalue weighted by atomic mass is 10.1. The van der Waals surface area contributed by atoms with Crippen molar-refractivity contribution >= 4 is 11.9 Å². The SMILES string of the molecule is Cc1cc(C(=O)N2CCCCC2)nc(NC2CC2)n1. The number of aromatic nitrogens is 2. The van der Waals surface area contributed by atoms with Gasteiger partial charge in [-0.3, -0.25) is 4.79 Å². The maximum absolute atomic E-state index is 12.4. The van der Waals surface area contributed by atoms with E-state index in [1.54, 1.807) is 6.07 Å². The number of anilines is 1. The molecule has 1 aliphatic carbocycles. The van der Waals surface area contributed by atoms with Crippen molar-refractivity contribution in [3.05, 3.63) is 17.5 Å². The third-order valence-electron chi connectivity index (χ3n) is 3.63. The number of rotatable bonds is 3. The predicted molar refractivity (Wildman–Crippen MR) is 73.2 cm³/mol. The van der Waals surface area contributed by atoms with Crippen molar-refractivity contribution in [3.8, 4) is 0 Å². The van der Waals surface area contributed by atoms with Gasteiger partial charge in [0.2, 0.25) is 5.95 Å². The summed E-state index contributed by atoms with van der Waals surface area (Å²) in [6.07, 6.45) is 5.77. The molecule has 1 N–H and O–H groups in total. The summed E-state index contributed by atoms with van der Waals surface area (Å²) < 4.78 is 0. The molecule has 5 heteroatoms. The second kappa shape index (κ2) is 5.15. The Kier molecular flexibility index (Phi) is 3.36. The van der Waals surface area contributed by atoms with Crippen LogP contribution in [0.4, 0.5) is 5.95 Å². The van der Waals surface area contributed by atoms with Gasteiger partial charge in [0.05, 0.1) is 0 Å². The molecule has 5 nitrogen and oxygen atoms in total. The highest BCUT2D eigenvalue weighted by Gasteiger charge is 2.24. The van der Waals surface area contributed by atoms with Gasteiger partial charge >= 0.3 is 0 Å². The maximum atomic E-state index is 12.4. The second-order valence-electron chi connectivity index (χ2n) is 5.49. The fraction of sp³-hybridized carbons (Fsp3) is 0.643. The first-order valence-electron chi connectivity index (χ1n) is 7.14. The van der Waals surface area contributed by atoms with Crippen LogP contribution in [0.15, 0.2) is 6.07 Å². The summed E-state index contributed by atoms with van der Waals surface area (Å²) in [6.45, 7) is 3.62. The molecule has 102 valence electrons. The van der Waals surface area contributed by atoms with Gasteiger partial charge in [-0.05, 0) is 45.1 Å². The van der Waals surface area contributed by atoms with Crippen LogP contribution in [0.1, 0.15) is 48.3 Å². The fourth-order valence-electron chi connectivity index (χ4n) is 2.41. The summed E-state index contributed by atoms with van der Waals surface area (Å²) in [5, 5.41) is 3.26. The van der Waals surface area contributed by atoms with Gasteiger partial charge < -0.3 is 10.2 Å². The Hall–Kier alpha value is -1.65. The third-order valence-corrected chi connectivity index (χ3v) is 3.63. The van der Waals surface area contributed by atoms with Gasteiger partial charge in [0.1, 0.15) is 5.69 Å². The Bertz CT molecular complexity index is 478. The number of piperidine rings is 1. The molecule has 1 aliphatic heterocycles. The zero-order valence-electron chi connectivity index (χ0n) is 11.4. The Morgan fingerprint density at radius 3 is 2.68 bits per heavy atom. The molecule has 1 amide bonds.